The van der Waals surface area contributed by atoms with Gasteiger partial charge in [0.25, 0.3) is 0 Å². The van der Waals surface area contributed by atoms with Crippen LogP contribution >= 0.6 is 24.0 Å². The van der Waals surface area contributed by atoms with Crippen molar-refractivity contribution in [2.45, 2.75) is 38.3 Å². The lowest BCUT2D eigenvalue weighted by atomic mass is 9.89. The minimum Gasteiger partial charge on any atom is -0.497 e. The predicted octanol–water partition coefficient (Wildman–Crippen LogP) is 2.75. The van der Waals surface area contributed by atoms with E-state index in [-0.39, 0.29) is 35.6 Å². The van der Waals surface area contributed by atoms with E-state index in [1.807, 2.05) is 31.2 Å². The van der Waals surface area contributed by atoms with Crippen molar-refractivity contribution in [3.8, 4) is 11.5 Å². The second kappa shape index (κ2) is 13.1. The Kier molecular flexibility index (Phi) is 11.7. The van der Waals surface area contributed by atoms with Crippen molar-refractivity contribution in [1.82, 2.24) is 15.5 Å². The molecule has 29 heavy (non-hydrogen) atoms. The first-order chi connectivity index (χ1) is 13.5. The molecule has 0 spiro atoms. The molecule has 1 aliphatic heterocycles. The number of nitrogens with one attached hydrogen (secondary N) is 2. The number of hydrogen-bond acceptors (Lipinski definition) is 5. The summed E-state index contributed by atoms with van der Waals surface area (Å²) in [5.74, 6) is 2.40. The Bertz CT molecular complexity index is 622. The van der Waals surface area contributed by atoms with Crippen LogP contribution in [0.2, 0.25) is 0 Å². The molecule has 0 aliphatic carbocycles. The maximum absolute atomic E-state index is 5.99. The molecule has 1 unspecified atom stereocenters. The van der Waals surface area contributed by atoms with E-state index in [4.69, 9.17) is 19.2 Å². The number of benzene rings is 1. The largest absolute Gasteiger partial charge is 0.497 e. The Balaban J connectivity index is 0.00000420. The quantitative estimate of drug-likeness (QED) is 0.297. The number of nitrogens with zero attached hydrogens (tertiary/aromatic N) is 2. The lowest BCUT2D eigenvalue weighted by Crippen LogP contribution is -2.52. The van der Waals surface area contributed by atoms with Crippen LogP contribution < -0.4 is 20.1 Å². The van der Waals surface area contributed by atoms with Crippen molar-refractivity contribution in [2.24, 2.45) is 4.99 Å². The molecule has 7 nitrogen and oxygen atoms in total. The first-order valence-corrected chi connectivity index (χ1v) is 10.1. The molecule has 0 amide bonds. The summed E-state index contributed by atoms with van der Waals surface area (Å²) in [6.45, 7) is 7.91. The molecule has 2 rings (SSSR count). The van der Waals surface area contributed by atoms with Gasteiger partial charge in [0.05, 0.1) is 20.2 Å². The van der Waals surface area contributed by atoms with Crippen molar-refractivity contribution in [3.63, 3.8) is 0 Å². The summed E-state index contributed by atoms with van der Waals surface area (Å²) < 4.78 is 16.8. The number of methoxy groups -OCH3 is 1. The Morgan fingerprint density at radius 2 is 1.93 bits per heavy atom. The molecule has 1 aromatic carbocycles. The van der Waals surface area contributed by atoms with Crippen LogP contribution in [0, 0.1) is 0 Å². The summed E-state index contributed by atoms with van der Waals surface area (Å²) in [7, 11) is 5.92. The molecule has 1 aliphatic rings. The van der Waals surface area contributed by atoms with Crippen molar-refractivity contribution < 1.29 is 14.2 Å². The lowest BCUT2D eigenvalue weighted by Gasteiger charge is -2.41. The van der Waals surface area contributed by atoms with Crippen LogP contribution in [0.5, 0.6) is 11.5 Å². The van der Waals surface area contributed by atoms with Crippen LogP contribution in [-0.4, -0.2) is 76.6 Å². The van der Waals surface area contributed by atoms with Gasteiger partial charge in [0.2, 0.25) is 0 Å². The molecule has 2 N–H and O–H groups in total. The maximum Gasteiger partial charge on any atom is 0.191 e. The first kappa shape index (κ1) is 25.8. The zero-order chi connectivity index (χ0) is 20.4. The number of halogens is 1. The van der Waals surface area contributed by atoms with Gasteiger partial charge in [-0.1, -0.05) is 6.07 Å². The summed E-state index contributed by atoms with van der Waals surface area (Å²) in [5.41, 5.74) is 0.0588. The number of guanidine groups is 1. The van der Waals surface area contributed by atoms with Gasteiger partial charge in [-0.2, -0.15) is 0 Å². The zero-order valence-corrected chi connectivity index (χ0v) is 20.7. The van der Waals surface area contributed by atoms with Gasteiger partial charge in [-0.25, -0.2) is 0 Å². The van der Waals surface area contributed by atoms with E-state index >= 15 is 0 Å². The summed E-state index contributed by atoms with van der Waals surface area (Å²) in [5, 5.41) is 6.73. The fourth-order valence-corrected chi connectivity index (χ4v) is 3.25. The predicted molar refractivity (Wildman–Crippen MR) is 129 cm³/mol. The molecule has 0 aromatic heterocycles. The minimum absolute atomic E-state index is 0. The average molecular weight is 520 g/mol. The van der Waals surface area contributed by atoms with Crippen molar-refractivity contribution >= 4 is 29.9 Å². The van der Waals surface area contributed by atoms with Gasteiger partial charge in [-0.15, -0.1) is 24.0 Å². The Hall–Kier alpha value is -1.26. The third kappa shape index (κ3) is 8.18. The van der Waals surface area contributed by atoms with Gasteiger partial charge in [0.1, 0.15) is 17.6 Å². The number of hydrogen-bond donors (Lipinski definition) is 2. The number of rotatable bonds is 9. The monoisotopic (exact) mass is 520 g/mol. The van der Waals surface area contributed by atoms with Gasteiger partial charge in [0, 0.05) is 31.4 Å². The normalized spacial score (nSPS) is 17.2. The molecule has 1 atom stereocenters. The summed E-state index contributed by atoms with van der Waals surface area (Å²) in [6.07, 6.45) is 1.98. The van der Waals surface area contributed by atoms with Crippen molar-refractivity contribution in [3.05, 3.63) is 24.3 Å². The Morgan fingerprint density at radius 1 is 1.24 bits per heavy atom. The highest BCUT2D eigenvalue weighted by Gasteiger charge is 2.34. The fourth-order valence-electron chi connectivity index (χ4n) is 3.25. The fraction of sp³-hybridized carbons (Fsp3) is 0.667. The van der Waals surface area contributed by atoms with E-state index in [0.717, 1.165) is 56.6 Å². The highest BCUT2D eigenvalue weighted by atomic mass is 127. The van der Waals surface area contributed by atoms with Crippen LogP contribution in [-0.2, 0) is 4.74 Å². The molecule has 8 heteroatoms. The van der Waals surface area contributed by atoms with Gasteiger partial charge in [0.15, 0.2) is 5.96 Å². The standard InChI is InChI=1S/C21H36N4O3.HI/c1-6-22-20(24-16-21(25(3)4)10-12-27-13-11-21)23-15-17(2)28-19-9-7-8-18(14-19)26-5;/h7-9,14,17H,6,10-13,15-16H2,1-5H3,(H2,22,23,24);1H. The summed E-state index contributed by atoms with van der Waals surface area (Å²) in [4.78, 5) is 7.15. The van der Waals surface area contributed by atoms with Crippen molar-refractivity contribution in [1.29, 1.82) is 0 Å². The molecule has 1 fully saturated rings. The van der Waals surface area contributed by atoms with Gasteiger partial charge in [-0.3, -0.25) is 4.99 Å². The van der Waals surface area contributed by atoms with Gasteiger partial charge < -0.3 is 29.7 Å². The topological polar surface area (TPSA) is 67.4 Å². The second-order valence-electron chi connectivity index (χ2n) is 7.41. The van der Waals surface area contributed by atoms with Crippen LogP contribution in [0.4, 0.5) is 0 Å². The smallest absolute Gasteiger partial charge is 0.191 e. The second-order valence-corrected chi connectivity index (χ2v) is 7.41. The summed E-state index contributed by atoms with van der Waals surface area (Å²) >= 11 is 0. The van der Waals surface area contributed by atoms with Crippen LogP contribution in [0.1, 0.15) is 26.7 Å². The first-order valence-electron chi connectivity index (χ1n) is 10.1. The lowest BCUT2D eigenvalue weighted by molar-refractivity contribution is -0.00255. The zero-order valence-electron chi connectivity index (χ0n) is 18.4. The van der Waals surface area contributed by atoms with E-state index < -0.39 is 0 Å². The third-order valence-corrected chi connectivity index (χ3v) is 5.18. The Labute approximate surface area is 192 Å². The van der Waals surface area contributed by atoms with Crippen molar-refractivity contribution in [2.75, 3.05) is 54.1 Å². The van der Waals surface area contributed by atoms with Crippen LogP contribution in [0.15, 0.2) is 29.3 Å². The van der Waals surface area contributed by atoms with Gasteiger partial charge in [-0.05, 0) is 52.9 Å². The maximum atomic E-state index is 5.99. The number of likely N-dealkylation sites (N-methyl/N-ethyl adjacent to an activating group) is 1. The van der Waals surface area contributed by atoms with E-state index in [1.165, 1.54) is 0 Å². The van der Waals surface area contributed by atoms with E-state index in [9.17, 15) is 0 Å². The van der Waals surface area contributed by atoms with E-state index in [0.29, 0.717) is 6.54 Å². The number of aliphatic imine (C=N–C) groups is 1. The molecule has 0 bridgehead atoms. The van der Waals surface area contributed by atoms with Crippen LogP contribution in [0.25, 0.3) is 0 Å². The molecule has 0 saturated carbocycles. The van der Waals surface area contributed by atoms with Gasteiger partial charge >= 0.3 is 0 Å². The summed E-state index contributed by atoms with van der Waals surface area (Å²) in [6, 6.07) is 7.66. The Morgan fingerprint density at radius 3 is 2.55 bits per heavy atom. The highest BCUT2D eigenvalue weighted by Crippen LogP contribution is 2.26. The molecule has 1 heterocycles. The molecule has 1 aromatic rings. The third-order valence-electron chi connectivity index (χ3n) is 5.18. The molecule has 1 saturated heterocycles. The van der Waals surface area contributed by atoms with E-state index in [2.05, 4.69) is 36.6 Å². The van der Waals surface area contributed by atoms with E-state index in [1.54, 1.807) is 7.11 Å². The average Bonchev–Trinajstić information content (AvgIpc) is 2.70. The SMILES string of the molecule is CCNC(=NCC1(N(C)C)CCOCC1)NCC(C)Oc1cccc(OC)c1.I. The number of ether oxygens (including phenoxy) is 3. The highest BCUT2D eigenvalue weighted by molar-refractivity contribution is 14.0. The minimum atomic E-state index is -0.0122. The molecular formula is C21H37IN4O3. The van der Waals surface area contributed by atoms with Crippen LogP contribution in [0.3, 0.4) is 0 Å². The molecule has 0 radical (unpaired) electrons. The molecule has 166 valence electrons. The molecular weight excluding hydrogens is 483 g/mol.